The van der Waals surface area contributed by atoms with Gasteiger partial charge in [0.25, 0.3) is 10.1 Å². The molecule has 0 atom stereocenters. The summed E-state index contributed by atoms with van der Waals surface area (Å²) < 4.78 is 37.4. The second-order valence-corrected chi connectivity index (χ2v) is 9.53. The van der Waals surface area contributed by atoms with Crippen molar-refractivity contribution in [1.29, 1.82) is 0 Å². The largest absolute Gasteiger partial charge is 1.00 e. The summed E-state index contributed by atoms with van der Waals surface area (Å²) in [6.45, 7) is 2.24. The van der Waals surface area contributed by atoms with Crippen molar-refractivity contribution in [3.05, 3.63) is 48.0 Å². The van der Waals surface area contributed by atoms with E-state index in [1.807, 2.05) is 0 Å². The molecule has 0 unspecified atom stereocenters. The van der Waals surface area contributed by atoms with Crippen LogP contribution in [0, 0.1) is 0 Å². The Hall–Kier alpha value is -1.05. The normalized spacial score (nSPS) is 11.2. The van der Waals surface area contributed by atoms with Crippen molar-refractivity contribution in [1.82, 2.24) is 0 Å². The number of hydrogen-bond acceptors (Lipinski definition) is 4. The van der Waals surface area contributed by atoms with E-state index in [1.54, 1.807) is 18.2 Å². The van der Waals surface area contributed by atoms with E-state index in [-0.39, 0.29) is 46.0 Å². The van der Waals surface area contributed by atoms with Crippen molar-refractivity contribution < 1.29 is 52.4 Å². The van der Waals surface area contributed by atoms with Gasteiger partial charge in [-0.3, -0.25) is 4.55 Å². The molecule has 32 heavy (non-hydrogen) atoms. The van der Waals surface area contributed by atoms with Gasteiger partial charge in [0.15, 0.2) is 0 Å². The molecule has 1 N–H and O–H groups in total. The van der Waals surface area contributed by atoms with Crippen LogP contribution in [0.3, 0.4) is 0 Å². The monoisotopic (exact) mass is 470 g/mol. The molecule has 0 spiro atoms. The molecular weight excluding hydrogens is 435 g/mol. The van der Waals surface area contributed by atoms with Gasteiger partial charge in [-0.25, -0.2) is 0 Å². The van der Waals surface area contributed by atoms with Crippen molar-refractivity contribution in [3.63, 3.8) is 0 Å². The first-order valence-corrected chi connectivity index (χ1v) is 12.9. The fraction of sp³-hybridized carbons (Fsp3) is 0.520. The van der Waals surface area contributed by atoms with Gasteiger partial charge in [-0.05, 0) is 37.1 Å². The molecule has 0 heterocycles. The number of benzene rings is 2. The van der Waals surface area contributed by atoms with Crippen LogP contribution in [0.1, 0.15) is 83.1 Å². The molecule has 2 aromatic carbocycles. The minimum Gasteiger partial charge on any atom is -0.872 e. The molecule has 0 bridgehead atoms. The number of hydrogen-bond donors (Lipinski definition) is 1. The zero-order valence-corrected chi connectivity index (χ0v) is 22.3. The van der Waals surface area contributed by atoms with E-state index < -0.39 is 10.1 Å². The van der Waals surface area contributed by atoms with Crippen LogP contribution in [0.5, 0.6) is 17.2 Å². The van der Waals surface area contributed by atoms with E-state index in [2.05, 4.69) is 6.92 Å². The zero-order chi connectivity index (χ0) is 22.5. The van der Waals surface area contributed by atoms with Gasteiger partial charge in [0.2, 0.25) is 0 Å². The van der Waals surface area contributed by atoms with Crippen molar-refractivity contribution in [3.8, 4) is 17.2 Å². The number of unbranched alkanes of at least 4 members (excludes halogenated alkanes) is 10. The molecule has 7 heteroatoms. The predicted octanol–water partition coefficient (Wildman–Crippen LogP) is 3.66. The SMILES string of the molecule is CCCCCCCCCCCCCc1cc(Oc2cccc(S(=O)(=O)O)c2)ccc1[O-].[Na+]. The third-order valence-corrected chi connectivity index (χ3v) is 6.27. The first kappa shape index (κ1) is 29.0. The number of ether oxygens (including phenoxy) is 1. The Balaban J connectivity index is 0.00000512. The maximum Gasteiger partial charge on any atom is 1.00 e. The molecule has 0 radical (unpaired) electrons. The minimum absolute atomic E-state index is 0. The standard InChI is InChI=1S/C25H36O5S.Na/c1-2-3-4-5-6-7-8-9-10-11-12-14-21-19-23(17-18-25(21)26)30-22-15-13-16-24(20-22)31(27,28)29;/h13,15-20,26H,2-12,14H2,1H3,(H,27,28,29);/q;+1/p-1. The summed E-state index contributed by atoms with van der Waals surface area (Å²) in [4.78, 5) is -0.230. The molecule has 172 valence electrons. The van der Waals surface area contributed by atoms with Gasteiger partial charge >= 0.3 is 29.6 Å². The van der Waals surface area contributed by atoms with Gasteiger partial charge in [0.1, 0.15) is 11.5 Å². The summed E-state index contributed by atoms with van der Waals surface area (Å²) >= 11 is 0. The molecule has 0 aliphatic rings. The van der Waals surface area contributed by atoms with E-state index in [9.17, 15) is 13.5 Å². The van der Waals surface area contributed by atoms with Crippen LogP contribution in [0.25, 0.3) is 0 Å². The minimum atomic E-state index is -4.29. The van der Waals surface area contributed by atoms with Crippen molar-refractivity contribution in [2.24, 2.45) is 0 Å². The van der Waals surface area contributed by atoms with E-state index in [1.165, 1.54) is 82.1 Å². The second kappa shape index (κ2) is 15.7. The topological polar surface area (TPSA) is 86.7 Å². The van der Waals surface area contributed by atoms with Crippen LogP contribution in [-0.4, -0.2) is 13.0 Å². The molecule has 0 fully saturated rings. The van der Waals surface area contributed by atoms with Gasteiger partial charge < -0.3 is 9.84 Å². The molecule has 2 rings (SSSR count). The predicted molar refractivity (Wildman–Crippen MR) is 122 cm³/mol. The average Bonchev–Trinajstić information content (AvgIpc) is 2.74. The molecular formula is C25H35NaO5S. The number of rotatable bonds is 15. The van der Waals surface area contributed by atoms with Gasteiger partial charge in [0, 0.05) is 6.07 Å². The molecule has 0 amide bonds. The maximum atomic E-state index is 12.2. The Morgan fingerprint density at radius 3 is 1.97 bits per heavy atom. The molecule has 2 aromatic rings. The van der Waals surface area contributed by atoms with Crippen LogP contribution in [0.4, 0.5) is 0 Å². The van der Waals surface area contributed by atoms with Crippen molar-refractivity contribution >= 4 is 10.1 Å². The zero-order valence-electron chi connectivity index (χ0n) is 19.5. The van der Waals surface area contributed by atoms with Gasteiger partial charge in [-0.2, -0.15) is 8.42 Å². The molecule has 5 nitrogen and oxygen atoms in total. The van der Waals surface area contributed by atoms with E-state index in [4.69, 9.17) is 9.29 Å². The van der Waals surface area contributed by atoms with Crippen molar-refractivity contribution in [2.45, 2.75) is 88.9 Å². The second-order valence-electron chi connectivity index (χ2n) is 8.11. The number of aryl methyl sites for hydroxylation is 1. The summed E-state index contributed by atoms with van der Waals surface area (Å²) in [6.07, 6.45) is 14.6. The van der Waals surface area contributed by atoms with E-state index in [0.717, 1.165) is 12.8 Å². The summed E-state index contributed by atoms with van der Waals surface area (Å²) in [5.74, 6) is 0.755. The van der Waals surface area contributed by atoms with E-state index >= 15 is 0 Å². The van der Waals surface area contributed by atoms with Crippen LogP contribution in [0.15, 0.2) is 47.4 Å². The fourth-order valence-electron chi connectivity index (χ4n) is 3.63. The summed E-state index contributed by atoms with van der Waals surface area (Å²) in [6, 6.07) is 10.4. The Bertz CT molecular complexity index is 899. The first-order chi connectivity index (χ1) is 14.9. The van der Waals surface area contributed by atoms with Crippen LogP contribution < -0.4 is 39.4 Å². The molecule has 0 saturated heterocycles. The summed E-state index contributed by atoms with van der Waals surface area (Å²) in [5.41, 5.74) is 0.708. The molecule has 0 aromatic heterocycles. The van der Waals surface area contributed by atoms with Crippen LogP contribution >= 0.6 is 0 Å². The fourth-order valence-corrected chi connectivity index (χ4v) is 4.14. The molecule has 0 aliphatic carbocycles. The van der Waals surface area contributed by atoms with Gasteiger partial charge in [0.05, 0.1) is 4.90 Å². The Labute approximate surface area is 215 Å². The molecule has 0 aliphatic heterocycles. The molecule has 0 saturated carbocycles. The third kappa shape index (κ3) is 11.2. The van der Waals surface area contributed by atoms with E-state index in [0.29, 0.717) is 17.7 Å². The summed E-state index contributed by atoms with van der Waals surface area (Å²) in [5, 5.41) is 12.2. The average molecular weight is 471 g/mol. The summed E-state index contributed by atoms with van der Waals surface area (Å²) in [7, 11) is -4.29. The first-order valence-electron chi connectivity index (χ1n) is 11.5. The quantitative estimate of drug-likeness (QED) is 0.244. The smallest absolute Gasteiger partial charge is 0.872 e. The van der Waals surface area contributed by atoms with Gasteiger partial charge in [-0.15, -0.1) is 5.75 Å². The van der Waals surface area contributed by atoms with Crippen molar-refractivity contribution in [2.75, 3.05) is 0 Å². The maximum absolute atomic E-state index is 12.2. The van der Waals surface area contributed by atoms with Crippen LogP contribution in [-0.2, 0) is 16.5 Å². The Morgan fingerprint density at radius 1 is 0.812 bits per heavy atom. The Morgan fingerprint density at radius 2 is 1.38 bits per heavy atom. The van der Waals surface area contributed by atoms with Crippen LogP contribution in [0.2, 0.25) is 0 Å². The Kier molecular flexibility index (Phi) is 14.2. The third-order valence-electron chi connectivity index (χ3n) is 5.42. The van der Waals surface area contributed by atoms with Gasteiger partial charge in [-0.1, -0.05) is 88.8 Å².